The summed E-state index contributed by atoms with van der Waals surface area (Å²) in [6.45, 7) is 4.17. The molecule has 0 aliphatic carbocycles. The number of carbonyl (C=O) groups is 2. The van der Waals surface area contributed by atoms with Crippen molar-refractivity contribution in [3.63, 3.8) is 0 Å². The van der Waals surface area contributed by atoms with Crippen LogP contribution in [0.4, 0.5) is 5.00 Å². The van der Waals surface area contributed by atoms with Crippen LogP contribution in [0.3, 0.4) is 0 Å². The molecule has 1 heterocycles. The van der Waals surface area contributed by atoms with E-state index in [0.717, 1.165) is 24.3 Å². The van der Waals surface area contributed by atoms with Crippen LogP contribution in [-0.2, 0) is 14.3 Å². The molecule has 19 heavy (non-hydrogen) atoms. The van der Waals surface area contributed by atoms with Gasteiger partial charge in [0.25, 0.3) is 5.91 Å². The van der Waals surface area contributed by atoms with Crippen molar-refractivity contribution in [3.05, 3.63) is 30.2 Å². The Hall–Kier alpha value is -1.62. The summed E-state index contributed by atoms with van der Waals surface area (Å²) in [6, 6.07) is 3.83. The maximum Gasteiger partial charge on any atom is 0.305 e. The molecule has 0 atom stereocenters. The van der Waals surface area contributed by atoms with Gasteiger partial charge in [0.15, 0.2) is 0 Å². The van der Waals surface area contributed by atoms with Gasteiger partial charge in [-0.05, 0) is 36.4 Å². The predicted molar refractivity (Wildman–Crippen MR) is 77.4 cm³/mol. The zero-order chi connectivity index (χ0) is 14.1. The summed E-state index contributed by atoms with van der Waals surface area (Å²) in [5, 5.41) is 2.87. The summed E-state index contributed by atoms with van der Waals surface area (Å²) < 4.78 is 4.58. The molecule has 0 bridgehead atoms. The van der Waals surface area contributed by atoms with Gasteiger partial charge in [-0.25, -0.2) is 0 Å². The first-order chi connectivity index (χ1) is 9.19. The molecule has 0 saturated carbocycles. The maximum absolute atomic E-state index is 11.8. The van der Waals surface area contributed by atoms with Crippen molar-refractivity contribution in [2.24, 2.45) is 0 Å². The third-order valence-corrected chi connectivity index (χ3v) is 3.59. The predicted octanol–water partition coefficient (Wildman–Crippen LogP) is 3.00. The van der Waals surface area contributed by atoms with E-state index in [-0.39, 0.29) is 11.9 Å². The second-order valence-corrected chi connectivity index (χ2v) is 4.96. The summed E-state index contributed by atoms with van der Waals surface area (Å²) >= 11 is 1.53. The first-order valence-corrected chi connectivity index (χ1v) is 7.11. The Kier molecular flexibility index (Phi) is 6.89. The Bertz CT molecular complexity index is 414. The zero-order valence-corrected chi connectivity index (χ0v) is 11.9. The van der Waals surface area contributed by atoms with E-state index in [1.807, 2.05) is 17.5 Å². The number of ether oxygens (including phenoxy) is 1. The van der Waals surface area contributed by atoms with Gasteiger partial charge in [-0.1, -0.05) is 13.0 Å². The van der Waals surface area contributed by atoms with Crippen molar-refractivity contribution in [1.29, 1.82) is 0 Å². The van der Waals surface area contributed by atoms with Crippen LogP contribution in [0, 0.1) is 0 Å². The minimum Gasteiger partial charge on any atom is -0.469 e. The van der Waals surface area contributed by atoms with E-state index >= 15 is 0 Å². The Labute approximate surface area is 117 Å². The van der Waals surface area contributed by atoms with E-state index in [1.54, 1.807) is 4.90 Å². The fourth-order valence-corrected chi connectivity index (χ4v) is 2.44. The molecule has 0 aromatic carbocycles. The fraction of sp³-hybridized carbons (Fsp3) is 0.429. The quantitative estimate of drug-likeness (QED) is 0.418. The molecule has 0 unspecified atom stereocenters. The number of rotatable bonds is 8. The van der Waals surface area contributed by atoms with Crippen molar-refractivity contribution in [1.82, 2.24) is 0 Å². The average Bonchev–Trinajstić information content (AvgIpc) is 2.95. The van der Waals surface area contributed by atoms with E-state index in [4.69, 9.17) is 0 Å². The van der Waals surface area contributed by atoms with Gasteiger partial charge in [0.2, 0.25) is 0 Å². The van der Waals surface area contributed by atoms with Gasteiger partial charge in [-0.2, -0.15) is 0 Å². The number of thiophene rings is 1. The topological polar surface area (TPSA) is 46.6 Å². The highest BCUT2D eigenvalue weighted by molar-refractivity contribution is 7.14. The number of hydrogen-bond acceptors (Lipinski definition) is 4. The standard InChI is InChI=1S/C14H19NO3S/c1-3-12(16)15(13-8-7-11-19-13)10-6-4-5-9-14(17)18-2/h3,7-8,11H,1,4-6,9-10H2,2H3. The van der Waals surface area contributed by atoms with Gasteiger partial charge in [-0.3, -0.25) is 9.59 Å². The van der Waals surface area contributed by atoms with E-state index in [0.29, 0.717) is 13.0 Å². The van der Waals surface area contributed by atoms with Crippen LogP contribution in [0.2, 0.25) is 0 Å². The largest absolute Gasteiger partial charge is 0.469 e. The van der Waals surface area contributed by atoms with Crippen molar-refractivity contribution in [3.8, 4) is 0 Å². The molecular weight excluding hydrogens is 262 g/mol. The summed E-state index contributed by atoms with van der Waals surface area (Å²) in [6.07, 6.45) is 4.29. The van der Waals surface area contributed by atoms with Crippen LogP contribution in [0.5, 0.6) is 0 Å². The lowest BCUT2D eigenvalue weighted by Crippen LogP contribution is -2.29. The lowest BCUT2D eigenvalue weighted by atomic mass is 10.2. The maximum atomic E-state index is 11.8. The summed E-state index contributed by atoms with van der Waals surface area (Å²) in [4.78, 5) is 24.4. The molecule has 4 nitrogen and oxygen atoms in total. The molecule has 1 rings (SSSR count). The molecule has 1 amide bonds. The molecule has 0 fully saturated rings. The second-order valence-electron chi connectivity index (χ2n) is 4.03. The van der Waals surface area contributed by atoms with Crippen LogP contribution in [-0.4, -0.2) is 25.5 Å². The molecule has 0 aliphatic rings. The first kappa shape index (κ1) is 15.4. The lowest BCUT2D eigenvalue weighted by Gasteiger charge is -2.19. The van der Waals surface area contributed by atoms with Gasteiger partial charge >= 0.3 is 5.97 Å². The summed E-state index contributed by atoms with van der Waals surface area (Å²) in [5.41, 5.74) is 0. The zero-order valence-electron chi connectivity index (χ0n) is 11.1. The van der Waals surface area contributed by atoms with Gasteiger partial charge in [0.05, 0.1) is 12.1 Å². The van der Waals surface area contributed by atoms with E-state index in [2.05, 4.69) is 11.3 Å². The Morgan fingerprint density at radius 1 is 1.42 bits per heavy atom. The first-order valence-electron chi connectivity index (χ1n) is 6.23. The van der Waals surface area contributed by atoms with Gasteiger partial charge < -0.3 is 9.64 Å². The molecule has 104 valence electrons. The monoisotopic (exact) mass is 281 g/mol. The smallest absolute Gasteiger partial charge is 0.305 e. The highest BCUT2D eigenvalue weighted by Crippen LogP contribution is 2.22. The van der Waals surface area contributed by atoms with Crippen LogP contribution in [0.1, 0.15) is 25.7 Å². The van der Waals surface area contributed by atoms with E-state index in [1.165, 1.54) is 24.5 Å². The minimum atomic E-state index is -0.183. The average molecular weight is 281 g/mol. The number of carbonyl (C=O) groups excluding carboxylic acids is 2. The van der Waals surface area contributed by atoms with Crippen LogP contribution in [0.25, 0.3) is 0 Å². The summed E-state index contributed by atoms with van der Waals surface area (Å²) in [7, 11) is 1.39. The highest BCUT2D eigenvalue weighted by Gasteiger charge is 2.13. The molecule has 0 spiro atoms. The normalized spacial score (nSPS) is 9.95. The second kappa shape index (κ2) is 8.48. The van der Waals surface area contributed by atoms with Crippen molar-refractivity contribution in [2.45, 2.75) is 25.7 Å². The fourth-order valence-electron chi connectivity index (χ4n) is 1.68. The Morgan fingerprint density at radius 3 is 2.79 bits per heavy atom. The third-order valence-electron chi connectivity index (χ3n) is 2.70. The van der Waals surface area contributed by atoms with Crippen molar-refractivity contribution < 1.29 is 14.3 Å². The molecule has 1 aromatic heterocycles. The number of unbranched alkanes of at least 4 members (excludes halogenated alkanes) is 2. The van der Waals surface area contributed by atoms with Crippen LogP contribution >= 0.6 is 11.3 Å². The molecule has 5 heteroatoms. The number of esters is 1. The molecule has 0 saturated heterocycles. The Balaban J connectivity index is 2.36. The third kappa shape index (κ3) is 5.26. The molecular formula is C14H19NO3S. The number of hydrogen-bond donors (Lipinski definition) is 0. The SMILES string of the molecule is C=CC(=O)N(CCCCCC(=O)OC)c1cccs1. The Morgan fingerprint density at radius 2 is 2.21 bits per heavy atom. The van der Waals surface area contributed by atoms with Gasteiger partial charge in [0, 0.05) is 13.0 Å². The number of amides is 1. The van der Waals surface area contributed by atoms with Crippen molar-refractivity contribution >= 4 is 28.2 Å². The molecule has 1 aromatic rings. The van der Waals surface area contributed by atoms with Gasteiger partial charge in [-0.15, -0.1) is 11.3 Å². The van der Waals surface area contributed by atoms with E-state index in [9.17, 15) is 9.59 Å². The number of anilines is 1. The van der Waals surface area contributed by atoms with Crippen LogP contribution < -0.4 is 4.90 Å². The van der Waals surface area contributed by atoms with Gasteiger partial charge in [0.1, 0.15) is 0 Å². The number of methoxy groups -OCH3 is 1. The summed E-state index contributed by atoms with van der Waals surface area (Å²) in [5.74, 6) is -0.271. The lowest BCUT2D eigenvalue weighted by molar-refractivity contribution is -0.140. The van der Waals surface area contributed by atoms with Crippen molar-refractivity contribution in [2.75, 3.05) is 18.6 Å². The molecule has 0 aliphatic heterocycles. The molecule has 0 radical (unpaired) electrons. The minimum absolute atomic E-state index is 0.0876. The van der Waals surface area contributed by atoms with Crippen LogP contribution in [0.15, 0.2) is 30.2 Å². The molecule has 0 N–H and O–H groups in total. The highest BCUT2D eigenvalue weighted by atomic mass is 32.1. The van der Waals surface area contributed by atoms with E-state index < -0.39 is 0 Å². The number of nitrogens with zero attached hydrogens (tertiary/aromatic N) is 1.